The highest BCUT2D eigenvalue weighted by molar-refractivity contribution is 9.10. The molecule has 0 saturated heterocycles. The molecule has 2 aromatic carbocycles. The van der Waals surface area contributed by atoms with Crippen molar-refractivity contribution in [3.63, 3.8) is 0 Å². The van der Waals surface area contributed by atoms with Gasteiger partial charge in [-0.2, -0.15) is 0 Å². The van der Waals surface area contributed by atoms with E-state index in [1.165, 1.54) is 6.07 Å². The van der Waals surface area contributed by atoms with Gasteiger partial charge < -0.3 is 10.5 Å². The Balaban J connectivity index is 2.28. The molecule has 0 aliphatic carbocycles. The van der Waals surface area contributed by atoms with E-state index >= 15 is 0 Å². The Hall–Kier alpha value is -1.55. The minimum absolute atomic E-state index is 0.318. The van der Waals surface area contributed by atoms with E-state index in [-0.39, 0.29) is 5.82 Å². The van der Waals surface area contributed by atoms with Crippen molar-refractivity contribution >= 4 is 21.6 Å². The largest absolute Gasteiger partial charge is 0.457 e. The van der Waals surface area contributed by atoms with Gasteiger partial charge in [-0.15, -0.1) is 0 Å². The predicted octanol–water partition coefficient (Wildman–Crippen LogP) is 4.27. The van der Waals surface area contributed by atoms with Crippen LogP contribution in [0.15, 0.2) is 40.9 Å². The van der Waals surface area contributed by atoms with Crippen LogP contribution < -0.4 is 10.5 Å². The van der Waals surface area contributed by atoms with E-state index in [1.54, 1.807) is 18.2 Å². The summed E-state index contributed by atoms with van der Waals surface area (Å²) >= 11 is 3.11. The van der Waals surface area contributed by atoms with E-state index in [9.17, 15) is 4.39 Å². The Bertz CT molecular complexity index is 537. The highest BCUT2D eigenvalue weighted by atomic mass is 79.9. The van der Waals surface area contributed by atoms with E-state index in [0.717, 1.165) is 5.56 Å². The van der Waals surface area contributed by atoms with Gasteiger partial charge in [0.25, 0.3) is 0 Å². The van der Waals surface area contributed by atoms with Crippen LogP contribution in [0.5, 0.6) is 11.5 Å². The van der Waals surface area contributed by atoms with Crippen LogP contribution in [0.25, 0.3) is 0 Å². The molecule has 0 aliphatic heterocycles. The maximum Gasteiger partial charge on any atom is 0.137 e. The number of aryl methyl sites for hydroxylation is 1. The number of hydrogen-bond donors (Lipinski definition) is 1. The van der Waals surface area contributed by atoms with Crippen LogP contribution in [-0.4, -0.2) is 0 Å². The van der Waals surface area contributed by atoms with Crippen LogP contribution in [0.3, 0.4) is 0 Å². The van der Waals surface area contributed by atoms with Crippen LogP contribution in [0.4, 0.5) is 10.1 Å². The van der Waals surface area contributed by atoms with Gasteiger partial charge in [0.15, 0.2) is 0 Å². The fourth-order valence-electron chi connectivity index (χ4n) is 1.51. The van der Waals surface area contributed by atoms with Crippen molar-refractivity contribution in [3.8, 4) is 11.5 Å². The molecule has 88 valence electrons. The third-order valence-corrected chi connectivity index (χ3v) is 2.81. The lowest BCUT2D eigenvalue weighted by atomic mass is 10.2. The van der Waals surface area contributed by atoms with E-state index in [2.05, 4.69) is 15.9 Å². The summed E-state index contributed by atoms with van der Waals surface area (Å²) in [7, 11) is 0. The van der Waals surface area contributed by atoms with Gasteiger partial charge >= 0.3 is 0 Å². The fourth-order valence-corrected chi connectivity index (χ4v) is 1.87. The third kappa shape index (κ3) is 2.97. The van der Waals surface area contributed by atoms with Gasteiger partial charge in [-0.05, 0) is 58.7 Å². The van der Waals surface area contributed by atoms with Gasteiger partial charge in [0.2, 0.25) is 0 Å². The first-order chi connectivity index (χ1) is 8.04. The lowest BCUT2D eigenvalue weighted by Crippen LogP contribution is -1.90. The lowest BCUT2D eigenvalue weighted by molar-refractivity contribution is 0.480. The van der Waals surface area contributed by atoms with Gasteiger partial charge in [0.1, 0.15) is 17.3 Å². The Morgan fingerprint density at radius 2 is 1.88 bits per heavy atom. The molecule has 2 rings (SSSR count). The van der Waals surface area contributed by atoms with Gasteiger partial charge in [-0.3, -0.25) is 0 Å². The van der Waals surface area contributed by atoms with E-state index < -0.39 is 0 Å². The average molecular weight is 296 g/mol. The predicted molar refractivity (Wildman–Crippen MR) is 69.8 cm³/mol. The Kier molecular flexibility index (Phi) is 3.33. The number of rotatable bonds is 2. The molecular weight excluding hydrogens is 285 g/mol. The summed E-state index contributed by atoms with van der Waals surface area (Å²) in [4.78, 5) is 0. The molecule has 0 radical (unpaired) electrons. The van der Waals surface area contributed by atoms with Crippen LogP contribution in [-0.2, 0) is 0 Å². The molecule has 0 aromatic heterocycles. The minimum Gasteiger partial charge on any atom is -0.457 e. The zero-order valence-electron chi connectivity index (χ0n) is 9.21. The second-order valence-corrected chi connectivity index (χ2v) is 4.61. The third-order valence-electron chi connectivity index (χ3n) is 2.20. The molecule has 0 aliphatic rings. The highest BCUT2D eigenvalue weighted by Crippen LogP contribution is 2.28. The van der Waals surface area contributed by atoms with Crippen LogP contribution in [0.1, 0.15) is 5.56 Å². The quantitative estimate of drug-likeness (QED) is 0.840. The van der Waals surface area contributed by atoms with Crippen molar-refractivity contribution in [3.05, 3.63) is 52.3 Å². The Morgan fingerprint density at radius 1 is 1.12 bits per heavy atom. The number of halogens is 2. The summed E-state index contributed by atoms with van der Waals surface area (Å²) in [6, 6.07) is 9.94. The lowest BCUT2D eigenvalue weighted by Gasteiger charge is -2.08. The first kappa shape index (κ1) is 11.9. The van der Waals surface area contributed by atoms with E-state index in [0.29, 0.717) is 21.7 Å². The summed E-state index contributed by atoms with van der Waals surface area (Å²) in [5.41, 5.74) is 7.37. The first-order valence-electron chi connectivity index (χ1n) is 5.04. The molecule has 0 amide bonds. The first-order valence-corrected chi connectivity index (χ1v) is 5.84. The van der Waals surface area contributed by atoms with E-state index in [1.807, 2.05) is 19.1 Å². The minimum atomic E-state index is -0.318. The van der Waals surface area contributed by atoms with Crippen molar-refractivity contribution in [2.75, 3.05) is 5.73 Å². The van der Waals surface area contributed by atoms with Gasteiger partial charge in [0, 0.05) is 11.8 Å². The summed E-state index contributed by atoms with van der Waals surface area (Å²) in [5, 5.41) is 0. The van der Waals surface area contributed by atoms with E-state index in [4.69, 9.17) is 10.5 Å². The molecule has 2 N–H and O–H groups in total. The number of ether oxygens (including phenoxy) is 1. The standard InChI is InChI=1S/C13H11BrFNO/c1-8-4-9(16)6-11(5-8)17-10-2-3-13(15)12(14)7-10/h2-7H,16H2,1H3. The number of nitrogen functional groups attached to an aromatic ring is 1. The van der Waals surface area contributed by atoms with Crippen molar-refractivity contribution < 1.29 is 9.13 Å². The number of anilines is 1. The zero-order chi connectivity index (χ0) is 12.4. The maximum atomic E-state index is 13.0. The van der Waals surface area contributed by atoms with Crippen LogP contribution >= 0.6 is 15.9 Å². The number of hydrogen-bond acceptors (Lipinski definition) is 2. The van der Waals surface area contributed by atoms with Crippen LogP contribution in [0.2, 0.25) is 0 Å². The maximum absolute atomic E-state index is 13.0. The number of benzene rings is 2. The molecule has 0 fully saturated rings. The molecule has 0 heterocycles. The number of nitrogens with two attached hydrogens (primary N) is 1. The van der Waals surface area contributed by atoms with Crippen molar-refractivity contribution in [2.45, 2.75) is 6.92 Å². The molecule has 0 unspecified atom stereocenters. The van der Waals surface area contributed by atoms with Crippen molar-refractivity contribution in [1.82, 2.24) is 0 Å². The van der Waals surface area contributed by atoms with Crippen molar-refractivity contribution in [1.29, 1.82) is 0 Å². The smallest absolute Gasteiger partial charge is 0.137 e. The summed E-state index contributed by atoms with van der Waals surface area (Å²) < 4.78 is 19.0. The normalized spacial score (nSPS) is 10.3. The highest BCUT2D eigenvalue weighted by Gasteiger charge is 2.03. The topological polar surface area (TPSA) is 35.2 Å². The molecule has 2 nitrogen and oxygen atoms in total. The molecule has 0 saturated carbocycles. The molecule has 0 bridgehead atoms. The van der Waals surface area contributed by atoms with Crippen LogP contribution in [0, 0.1) is 12.7 Å². The molecule has 0 atom stereocenters. The van der Waals surface area contributed by atoms with Gasteiger partial charge in [-0.1, -0.05) is 0 Å². The second-order valence-electron chi connectivity index (χ2n) is 3.76. The van der Waals surface area contributed by atoms with Gasteiger partial charge in [-0.25, -0.2) is 4.39 Å². The molecule has 0 spiro atoms. The molecular formula is C13H11BrFNO. The summed E-state index contributed by atoms with van der Waals surface area (Å²) in [6.45, 7) is 1.93. The zero-order valence-corrected chi connectivity index (χ0v) is 10.8. The summed E-state index contributed by atoms with van der Waals surface area (Å²) in [5.74, 6) is 0.880. The monoisotopic (exact) mass is 295 g/mol. The summed E-state index contributed by atoms with van der Waals surface area (Å²) in [6.07, 6.45) is 0. The second kappa shape index (κ2) is 4.75. The Morgan fingerprint density at radius 3 is 2.53 bits per heavy atom. The average Bonchev–Trinajstić information content (AvgIpc) is 2.22. The molecule has 2 aromatic rings. The SMILES string of the molecule is Cc1cc(N)cc(Oc2ccc(F)c(Br)c2)c1. The Labute approximate surface area is 107 Å². The van der Waals surface area contributed by atoms with Gasteiger partial charge in [0.05, 0.1) is 4.47 Å². The molecule has 17 heavy (non-hydrogen) atoms. The molecule has 4 heteroatoms. The fraction of sp³-hybridized carbons (Fsp3) is 0.0769. The van der Waals surface area contributed by atoms with Crippen molar-refractivity contribution in [2.24, 2.45) is 0 Å².